The van der Waals surface area contributed by atoms with E-state index in [1.807, 2.05) is 11.2 Å². The first-order valence-electron chi connectivity index (χ1n) is 13.2. The van der Waals surface area contributed by atoms with Gasteiger partial charge in [-0.2, -0.15) is 0 Å². The number of hydrogen-bond acceptors (Lipinski definition) is 2. The van der Waals surface area contributed by atoms with Gasteiger partial charge in [0.2, 0.25) is 0 Å². The molecule has 0 saturated carbocycles. The third kappa shape index (κ3) is 8.20. The number of H-pyrrole nitrogens is 1. The predicted octanol–water partition coefficient (Wildman–Crippen LogP) is 9.40. The number of nitrogens with zero attached hydrogens (tertiary/aromatic N) is 1. The lowest BCUT2D eigenvalue weighted by Crippen LogP contribution is -2.31. The number of nitrogens with two attached hydrogens (primary N) is 1. The predicted molar refractivity (Wildman–Crippen MR) is 153 cm³/mol. The molecule has 0 spiro atoms. The van der Waals surface area contributed by atoms with Gasteiger partial charge in [-0.25, -0.2) is 5.84 Å². The van der Waals surface area contributed by atoms with Crippen molar-refractivity contribution in [2.75, 3.05) is 5.01 Å². The highest BCUT2D eigenvalue weighted by Gasteiger charge is 2.17. The maximum atomic E-state index is 6.69. The molecule has 3 N–H and O–H groups in total. The number of aryl methyl sites for hydroxylation is 1. The van der Waals surface area contributed by atoms with Gasteiger partial charge in [0.15, 0.2) is 0 Å². The van der Waals surface area contributed by atoms with Crippen LogP contribution in [0.15, 0.2) is 64.6 Å². The molecule has 0 fully saturated rings. The Hall–Kier alpha value is -2.26. The van der Waals surface area contributed by atoms with Crippen LogP contribution in [0.2, 0.25) is 0 Å². The number of aromatic amines is 1. The summed E-state index contributed by atoms with van der Waals surface area (Å²) in [7, 11) is 0. The van der Waals surface area contributed by atoms with Crippen molar-refractivity contribution < 1.29 is 0 Å². The Kier molecular flexibility index (Phi) is 13.0. The second kappa shape index (κ2) is 14.9. The van der Waals surface area contributed by atoms with Crippen molar-refractivity contribution in [2.45, 2.75) is 113 Å². The molecule has 190 valence electrons. The standard InChI is InChI=1S/C31H51N3/c1-11-14-16-18-29(26(9)22(4)5)23(6)20-24(7)30(19-17-15-12-2)27(10)34(32)31-28(13-3)25(8)21-33-31/h20-21,33H,4,7,11-19,32H2,1-3,5-6,8-10H3/b23-20+,29-26-,30-27-. The minimum Gasteiger partial charge on any atom is -0.346 e. The maximum absolute atomic E-state index is 6.69. The fourth-order valence-corrected chi connectivity index (χ4v) is 4.56. The Morgan fingerprint density at radius 1 is 0.941 bits per heavy atom. The molecule has 0 bridgehead atoms. The van der Waals surface area contributed by atoms with Gasteiger partial charge in [-0.05, 0) is 106 Å². The molecule has 1 aromatic rings. The van der Waals surface area contributed by atoms with Crippen LogP contribution in [0.3, 0.4) is 0 Å². The topological polar surface area (TPSA) is 45.0 Å². The van der Waals surface area contributed by atoms with Crippen molar-refractivity contribution in [2.24, 2.45) is 5.84 Å². The summed E-state index contributed by atoms with van der Waals surface area (Å²) >= 11 is 0. The van der Waals surface area contributed by atoms with E-state index < -0.39 is 0 Å². The van der Waals surface area contributed by atoms with E-state index in [9.17, 15) is 0 Å². The van der Waals surface area contributed by atoms with Crippen LogP contribution < -0.4 is 10.9 Å². The van der Waals surface area contributed by atoms with Gasteiger partial charge in [0, 0.05) is 11.9 Å². The average Bonchev–Trinajstić information content (AvgIpc) is 3.18. The van der Waals surface area contributed by atoms with E-state index in [4.69, 9.17) is 5.84 Å². The van der Waals surface area contributed by atoms with Crippen LogP contribution in [-0.2, 0) is 6.42 Å². The summed E-state index contributed by atoms with van der Waals surface area (Å²) in [4.78, 5) is 3.39. The van der Waals surface area contributed by atoms with Crippen molar-refractivity contribution in [3.63, 3.8) is 0 Å². The smallest absolute Gasteiger partial charge is 0.128 e. The Morgan fingerprint density at radius 3 is 2.00 bits per heavy atom. The molecule has 0 aliphatic rings. The second-order valence-corrected chi connectivity index (χ2v) is 9.74. The fourth-order valence-electron chi connectivity index (χ4n) is 4.56. The first kappa shape index (κ1) is 29.8. The first-order chi connectivity index (χ1) is 16.1. The van der Waals surface area contributed by atoms with Crippen LogP contribution in [0.25, 0.3) is 0 Å². The Balaban J connectivity index is 3.43. The largest absolute Gasteiger partial charge is 0.346 e. The number of rotatable bonds is 15. The van der Waals surface area contributed by atoms with Gasteiger partial charge < -0.3 is 4.98 Å². The summed E-state index contributed by atoms with van der Waals surface area (Å²) in [5.74, 6) is 7.68. The molecule has 0 aromatic carbocycles. The van der Waals surface area contributed by atoms with Crippen molar-refractivity contribution in [1.82, 2.24) is 4.98 Å². The number of unbranched alkanes of at least 4 members (excludes halogenated alkanes) is 4. The number of aromatic nitrogens is 1. The molecule has 1 aromatic heterocycles. The second-order valence-electron chi connectivity index (χ2n) is 9.74. The summed E-state index contributed by atoms with van der Waals surface area (Å²) < 4.78 is 0. The van der Waals surface area contributed by atoms with Crippen molar-refractivity contribution >= 4 is 5.82 Å². The van der Waals surface area contributed by atoms with E-state index in [1.54, 1.807) is 0 Å². The highest BCUT2D eigenvalue weighted by molar-refractivity contribution is 5.58. The molecule has 3 nitrogen and oxygen atoms in total. The molecular formula is C31H51N3. The Morgan fingerprint density at radius 2 is 1.50 bits per heavy atom. The summed E-state index contributed by atoms with van der Waals surface area (Å²) in [6, 6.07) is 0. The van der Waals surface area contributed by atoms with Crippen molar-refractivity contribution in [3.05, 3.63) is 75.7 Å². The molecule has 0 amide bonds. The number of anilines is 1. The minimum absolute atomic E-state index is 0.947. The van der Waals surface area contributed by atoms with Crippen molar-refractivity contribution in [1.29, 1.82) is 0 Å². The summed E-state index contributed by atoms with van der Waals surface area (Å²) in [5, 5.41) is 1.83. The zero-order valence-corrected chi connectivity index (χ0v) is 23.5. The third-order valence-electron chi connectivity index (χ3n) is 6.99. The van der Waals surface area contributed by atoms with Gasteiger partial charge in [0.1, 0.15) is 5.82 Å². The molecule has 1 heterocycles. The molecule has 0 saturated heterocycles. The van der Waals surface area contributed by atoms with Gasteiger partial charge >= 0.3 is 0 Å². The van der Waals surface area contributed by atoms with Gasteiger partial charge in [0.05, 0.1) is 0 Å². The number of nitrogens with one attached hydrogen (secondary N) is 1. The van der Waals surface area contributed by atoms with Crippen LogP contribution in [0, 0.1) is 6.92 Å². The van der Waals surface area contributed by atoms with E-state index in [1.165, 1.54) is 65.5 Å². The molecule has 0 aliphatic heterocycles. The van der Waals surface area contributed by atoms with E-state index in [-0.39, 0.29) is 0 Å². The lowest BCUT2D eigenvalue weighted by atomic mass is 9.90. The van der Waals surface area contributed by atoms with Gasteiger partial charge in [-0.1, -0.05) is 71.3 Å². The van der Waals surface area contributed by atoms with E-state index in [0.29, 0.717) is 0 Å². The van der Waals surface area contributed by atoms with Crippen LogP contribution in [0.1, 0.15) is 111 Å². The molecule has 0 unspecified atom stereocenters. The molecule has 1 rings (SSSR count). The van der Waals surface area contributed by atoms with E-state index in [0.717, 1.165) is 48.3 Å². The molecule has 0 aliphatic carbocycles. The molecule has 34 heavy (non-hydrogen) atoms. The SMILES string of the molecule is C=C(C)/C(C)=C(CCCCC)\C(C)=C\C(=C)/C(CCCCC)=C(/C)N(N)c1[nH]cc(C)c1CC. The van der Waals surface area contributed by atoms with Crippen LogP contribution in [0.4, 0.5) is 5.82 Å². The number of hydrazine groups is 1. The average molecular weight is 466 g/mol. The highest BCUT2D eigenvalue weighted by atomic mass is 15.4. The molecular weight excluding hydrogens is 414 g/mol. The zero-order valence-electron chi connectivity index (χ0n) is 23.5. The first-order valence-corrected chi connectivity index (χ1v) is 13.2. The lowest BCUT2D eigenvalue weighted by Gasteiger charge is -2.24. The highest BCUT2D eigenvalue weighted by Crippen LogP contribution is 2.31. The Bertz CT molecular complexity index is 920. The van der Waals surface area contributed by atoms with E-state index in [2.05, 4.69) is 79.6 Å². The number of allylic oxidation sites excluding steroid dienone is 8. The monoisotopic (exact) mass is 465 g/mol. The number of hydrogen-bond donors (Lipinski definition) is 2. The normalized spacial score (nSPS) is 13.5. The molecule has 3 heteroatoms. The maximum Gasteiger partial charge on any atom is 0.128 e. The molecule has 0 radical (unpaired) electrons. The van der Waals surface area contributed by atoms with E-state index >= 15 is 0 Å². The quantitative estimate of drug-likeness (QED) is 0.117. The van der Waals surface area contributed by atoms with Crippen molar-refractivity contribution in [3.8, 4) is 0 Å². The van der Waals surface area contributed by atoms with Gasteiger partial charge in [0.25, 0.3) is 0 Å². The Labute approximate surface area is 210 Å². The third-order valence-corrected chi connectivity index (χ3v) is 6.99. The van der Waals surface area contributed by atoms with Gasteiger partial charge in [-0.15, -0.1) is 0 Å². The summed E-state index contributed by atoms with van der Waals surface area (Å²) in [6.07, 6.45) is 14.5. The van der Waals surface area contributed by atoms with Crippen LogP contribution >= 0.6 is 0 Å². The van der Waals surface area contributed by atoms with Gasteiger partial charge in [-0.3, -0.25) is 5.01 Å². The lowest BCUT2D eigenvalue weighted by molar-refractivity contribution is 0.709. The fraction of sp³-hybridized carbons (Fsp3) is 0.548. The van der Waals surface area contributed by atoms with Crippen LogP contribution in [-0.4, -0.2) is 4.98 Å². The minimum atomic E-state index is 0.947. The summed E-state index contributed by atoms with van der Waals surface area (Å²) in [6.45, 7) is 26.2. The summed E-state index contributed by atoms with van der Waals surface area (Å²) in [5.41, 5.74) is 11.0. The van der Waals surface area contributed by atoms with Crippen LogP contribution in [0.5, 0.6) is 0 Å². The zero-order chi connectivity index (χ0) is 25.8. The molecule has 0 atom stereocenters.